The number of nitro groups is 2. The molecule has 0 heterocycles. The molecule has 2 rings (SSSR count). The summed E-state index contributed by atoms with van der Waals surface area (Å²) in [6.45, 7) is 1.01. The van der Waals surface area contributed by atoms with Crippen molar-refractivity contribution in [2.75, 3.05) is 0 Å². The Hall–Kier alpha value is -2.94. The molecule has 0 saturated heterocycles. The molecule has 0 aromatic heterocycles. The molecule has 28 heavy (non-hydrogen) atoms. The van der Waals surface area contributed by atoms with Gasteiger partial charge in [-0.3, -0.25) is 20.2 Å². The van der Waals surface area contributed by atoms with Crippen LogP contribution in [-0.2, 0) is 20.0 Å². The molecule has 0 saturated carbocycles. The highest BCUT2D eigenvalue weighted by molar-refractivity contribution is 8.04. The average molecular weight is 430 g/mol. The predicted octanol–water partition coefficient (Wildman–Crippen LogP) is 1.19. The van der Waals surface area contributed by atoms with Crippen molar-refractivity contribution in [3.05, 3.63) is 68.8 Å². The molecular formula is C14H14N4O8S2. The van der Waals surface area contributed by atoms with Gasteiger partial charge >= 0.3 is 0 Å². The molecule has 2 aromatic rings. The number of rotatable bonds is 7. The summed E-state index contributed by atoms with van der Waals surface area (Å²) in [7, 11) is -10.1. The zero-order valence-electron chi connectivity index (χ0n) is 14.2. The smallest absolute Gasteiger partial charge is 0.289 e. The van der Waals surface area contributed by atoms with E-state index < -0.39 is 57.2 Å². The van der Waals surface area contributed by atoms with Crippen molar-refractivity contribution in [1.29, 1.82) is 0 Å². The van der Waals surface area contributed by atoms with Crippen LogP contribution in [0.25, 0.3) is 0 Å². The highest BCUT2D eigenvalue weighted by Gasteiger charge is 2.44. The van der Waals surface area contributed by atoms with E-state index in [1.807, 2.05) is 0 Å². The fourth-order valence-electron chi connectivity index (χ4n) is 2.41. The molecule has 0 aliphatic carbocycles. The lowest BCUT2D eigenvalue weighted by atomic mass is 10.3. The monoisotopic (exact) mass is 430 g/mol. The van der Waals surface area contributed by atoms with E-state index in [1.54, 1.807) is 0 Å². The Morgan fingerprint density at radius 1 is 0.821 bits per heavy atom. The summed E-state index contributed by atoms with van der Waals surface area (Å²) in [4.78, 5) is 18.5. The van der Waals surface area contributed by atoms with Gasteiger partial charge in [0.15, 0.2) is 9.79 Å². The van der Waals surface area contributed by atoms with Gasteiger partial charge < -0.3 is 5.73 Å². The number of nitrogens with zero attached hydrogens (tertiary/aromatic N) is 3. The second kappa shape index (κ2) is 7.59. The maximum Gasteiger partial charge on any atom is 0.289 e. The Balaban J connectivity index is 2.80. The molecule has 0 radical (unpaired) electrons. The first-order valence-corrected chi connectivity index (χ1v) is 10.3. The van der Waals surface area contributed by atoms with Crippen molar-refractivity contribution < 1.29 is 26.7 Å². The van der Waals surface area contributed by atoms with Crippen molar-refractivity contribution in [3.63, 3.8) is 0 Å². The quantitative estimate of drug-likeness (QED) is 0.382. The number of para-hydroxylation sites is 2. The van der Waals surface area contributed by atoms with E-state index in [4.69, 9.17) is 5.73 Å². The molecule has 0 fully saturated rings. The number of benzene rings is 2. The zero-order chi connectivity index (χ0) is 21.3. The molecule has 12 nitrogen and oxygen atoms in total. The summed E-state index contributed by atoms with van der Waals surface area (Å²) in [5.41, 5.74) is 3.82. The maximum absolute atomic E-state index is 13.0. The molecule has 0 bridgehead atoms. The molecule has 1 atom stereocenters. The van der Waals surface area contributed by atoms with Gasteiger partial charge in [-0.05, 0) is 19.1 Å². The third-order valence-electron chi connectivity index (χ3n) is 3.49. The van der Waals surface area contributed by atoms with E-state index in [2.05, 4.69) is 0 Å². The van der Waals surface area contributed by atoms with E-state index in [1.165, 1.54) is 12.1 Å². The van der Waals surface area contributed by atoms with Gasteiger partial charge in [0.1, 0.15) is 0 Å². The van der Waals surface area contributed by atoms with Crippen molar-refractivity contribution in [3.8, 4) is 0 Å². The molecule has 0 aliphatic rings. The van der Waals surface area contributed by atoms with Crippen molar-refractivity contribution in [1.82, 2.24) is 3.71 Å². The summed E-state index contributed by atoms with van der Waals surface area (Å²) in [5.74, 6) is 0. The second-order valence-corrected chi connectivity index (χ2v) is 9.22. The van der Waals surface area contributed by atoms with E-state index in [-0.39, 0.29) is 3.71 Å². The van der Waals surface area contributed by atoms with E-state index >= 15 is 0 Å². The first-order chi connectivity index (χ1) is 12.9. The van der Waals surface area contributed by atoms with Crippen LogP contribution in [0, 0.1) is 20.2 Å². The highest BCUT2D eigenvalue weighted by atomic mass is 32.3. The first kappa shape index (κ1) is 21.4. The molecule has 2 N–H and O–H groups in total. The Bertz CT molecular complexity index is 1060. The fraction of sp³-hybridized carbons (Fsp3) is 0.143. The summed E-state index contributed by atoms with van der Waals surface area (Å²) >= 11 is 0. The van der Waals surface area contributed by atoms with Crippen LogP contribution in [0.3, 0.4) is 0 Å². The summed E-state index contributed by atoms with van der Waals surface area (Å²) in [6.07, 6.45) is -1.71. The molecule has 0 amide bonds. The van der Waals surface area contributed by atoms with E-state index in [9.17, 15) is 37.1 Å². The van der Waals surface area contributed by atoms with Crippen LogP contribution in [-0.4, -0.2) is 36.6 Å². The minimum absolute atomic E-state index is 0.176. The lowest BCUT2D eigenvalue weighted by Gasteiger charge is -2.24. The predicted molar refractivity (Wildman–Crippen MR) is 96.1 cm³/mol. The second-order valence-electron chi connectivity index (χ2n) is 5.43. The van der Waals surface area contributed by atoms with Crippen LogP contribution >= 0.6 is 0 Å². The average Bonchev–Trinajstić information content (AvgIpc) is 2.60. The van der Waals surface area contributed by atoms with Gasteiger partial charge in [-0.25, -0.2) is 16.8 Å². The SMILES string of the molecule is CC(N)N(S(=O)(=O)c1ccccc1[N+](=O)[O-])S(=O)(=O)c1ccccc1[N+](=O)[O-]. The Morgan fingerprint density at radius 2 is 1.14 bits per heavy atom. The van der Waals surface area contributed by atoms with Crippen molar-refractivity contribution in [2.45, 2.75) is 22.9 Å². The van der Waals surface area contributed by atoms with Crippen LogP contribution in [0.15, 0.2) is 58.3 Å². The summed E-state index contributed by atoms with van der Waals surface area (Å²) < 4.78 is 51.8. The Labute approximate surface area is 159 Å². The van der Waals surface area contributed by atoms with Crippen LogP contribution in [0.2, 0.25) is 0 Å². The van der Waals surface area contributed by atoms with Crippen LogP contribution < -0.4 is 5.73 Å². The van der Waals surface area contributed by atoms with Gasteiger partial charge in [0, 0.05) is 12.1 Å². The molecular weight excluding hydrogens is 416 g/mol. The molecule has 2 aromatic carbocycles. The lowest BCUT2D eigenvalue weighted by molar-refractivity contribution is -0.388. The molecule has 14 heteroatoms. The van der Waals surface area contributed by atoms with Gasteiger partial charge in [-0.15, -0.1) is 0 Å². The molecule has 150 valence electrons. The number of hydrogen-bond donors (Lipinski definition) is 1. The van der Waals surface area contributed by atoms with E-state index in [0.717, 1.165) is 43.3 Å². The van der Waals surface area contributed by atoms with Gasteiger partial charge in [0.05, 0.1) is 16.0 Å². The van der Waals surface area contributed by atoms with Crippen LogP contribution in [0.4, 0.5) is 11.4 Å². The largest absolute Gasteiger partial charge is 0.314 e. The molecule has 0 spiro atoms. The first-order valence-electron chi connectivity index (χ1n) is 7.44. The maximum atomic E-state index is 13.0. The molecule has 1 unspecified atom stereocenters. The Morgan fingerprint density at radius 3 is 1.43 bits per heavy atom. The Kier molecular flexibility index (Phi) is 5.79. The zero-order valence-corrected chi connectivity index (χ0v) is 15.8. The minimum Gasteiger partial charge on any atom is -0.314 e. The minimum atomic E-state index is -5.07. The van der Waals surface area contributed by atoms with Gasteiger partial charge in [-0.1, -0.05) is 28.0 Å². The van der Waals surface area contributed by atoms with Crippen LogP contribution in [0.1, 0.15) is 6.92 Å². The fourth-order valence-corrected chi connectivity index (χ4v) is 6.51. The van der Waals surface area contributed by atoms with Crippen molar-refractivity contribution >= 4 is 31.4 Å². The number of nitrogens with two attached hydrogens (primary N) is 1. The van der Waals surface area contributed by atoms with Gasteiger partial charge in [-0.2, -0.15) is 0 Å². The topological polar surface area (TPSA) is 184 Å². The van der Waals surface area contributed by atoms with Gasteiger partial charge in [0.25, 0.3) is 31.4 Å². The third kappa shape index (κ3) is 3.70. The standard InChI is InChI=1S/C14H14N4O8S2/c1-10(15)18(27(23,24)13-8-4-2-6-11(13)16(19)20)28(25,26)14-9-5-3-7-12(14)17(21)22/h2-10H,15H2,1H3. The normalized spacial score (nSPS) is 13.2. The van der Waals surface area contributed by atoms with Gasteiger partial charge in [0.2, 0.25) is 0 Å². The van der Waals surface area contributed by atoms with E-state index in [0.29, 0.717) is 0 Å². The number of hydrogen-bond acceptors (Lipinski definition) is 9. The van der Waals surface area contributed by atoms with Crippen molar-refractivity contribution in [2.24, 2.45) is 5.73 Å². The number of sulfonamides is 2. The summed E-state index contributed by atoms with van der Waals surface area (Å²) in [5, 5.41) is 22.4. The molecule has 0 aliphatic heterocycles. The van der Waals surface area contributed by atoms with Crippen LogP contribution in [0.5, 0.6) is 0 Å². The lowest BCUT2D eigenvalue weighted by Crippen LogP contribution is -2.47. The summed E-state index contributed by atoms with van der Waals surface area (Å²) in [6, 6.07) is 8.17. The number of nitro benzene ring substituents is 2. The third-order valence-corrected chi connectivity index (χ3v) is 8.08. The highest BCUT2D eigenvalue weighted by Crippen LogP contribution is 2.33.